The Hall–Kier alpha value is -1.70. The minimum absolute atomic E-state index is 0.113. The number of aryl methyl sites for hydroxylation is 3. The molecular formula is C17H28N6O. The highest BCUT2D eigenvalue weighted by Gasteiger charge is 2.34. The molecule has 1 saturated heterocycles. The van der Waals surface area contributed by atoms with Crippen molar-refractivity contribution in [2.45, 2.75) is 39.5 Å². The molecule has 3 rings (SSSR count). The second-order valence-electron chi connectivity index (χ2n) is 6.46. The summed E-state index contributed by atoms with van der Waals surface area (Å²) in [5, 5.41) is 10.9. The SMILES string of the molecule is CCN1CCO[C@@H](CNCc2c(C)n[nH]c2C)[C@@H]1c1cncn1C. The van der Waals surface area contributed by atoms with Crippen molar-refractivity contribution >= 4 is 0 Å². The number of rotatable bonds is 6. The highest BCUT2D eigenvalue weighted by molar-refractivity contribution is 5.22. The number of aromatic amines is 1. The van der Waals surface area contributed by atoms with E-state index in [2.05, 4.69) is 43.8 Å². The first kappa shape index (κ1) is 17.1. The van der Waals surface area contributed by atoms with E-state index in [9.17, 15) is 0 Å². The molecule has 2 aromatic rings. The Morgan fingerprint density at radius 1 is 1.42 bits per heavy atom. The number of aromatic nitrogens is 4. The maximum Gasteiger partial charge on any atom is 0.0946 e. The molecule has 0 bridgehead atoms. The average Bonchev–Trinajstić information content (AvgIpc) is 3.14. The van der Waals surface area contributed by atoms with Gasteiger partial charge in [0.05, 0.1) is 36.5 Å². The van der Waals surface area contributed by atoms with Gasteiger partial charge in [-0.05, 0) is 20.4 Å². The Labute approximate surface area is 143 Å². The first-order valence-electron chi connectivity index (χ1n) is 8.64. The molecule has 0 aromatic carbocycles. The molecule has 0 spiro atoms. The van der Waals surface area contributed by atoms with Gasteiger partial charge in [-0.15, -0.1) is 0 Å². The first-order valence-corrected chi connectivity index (χ1v) is 8.64. The Morgan fingerprint density at radius 2 is 2.25 bits per heavy atom. The third kappa shape index (κ3) is 3.38. The van der Waals surface area contributed by atoms with E-state index in [1.807, 2.05) is 26.5 Å². The van der Waals surface area contributed by atoms with Crippen molar-refractivity contribution in [2.24, 2.45) is 7.05 Å². The fraction of sp³-hybridized carbons (Fsp3) is 0.647. The Balaban J connectivity index is 1.69. The lowest BCUT2D eigenvalue weighted by molar-refractivity contribution is -0.0716. The van der Waals surface area contributed by atoms with Gasteiger partial charge in [-0.25, -0.2) is 4.98 Å². The Kier molecular flexibility index (Phi) is 5.33. The average molecular weight is 332 g/mol. The van der Waals surface area contributed by atoms with Gasteiger partial charge < -0.3 is 14.6 Å². The van der Waals surface area contributed by atoms with E-state index in [1.165, 1.54) is 11.3 Å². The van der Waals surface area contributed by atoms with Crippen molar-refractivity contribution in [1.29, 1.82) is 0 Å². The molecule has 2 aromatic heterocycles. The van der Waals surface area contributed by atoms with E-state index in [0.29, 0.717) is 0 Å². The van der Waals surface area contributed by atoms with Gasteiger partial charge in [-0.1, -0.05) is 6.92 Å². The van der Waals surface area contributed by atoms with Gasteiger partial charge in [-0.3, -0.25) is 10.00 Å². The molecule has 24 heavy (non-hydrogen) atoms. The second kappa shape index (κ2) is 7.46. The second-order valence-corrected chi connectivity index (χ2v) is 6.46. The van der Waals surface area contributed by atoms with Crippen LogP contribution in [0.5, 0.6) is 0 Å². The van der Waals surface area contributed by atoms with Gasteiger partial charge >= 0.3 is 0 Å². The molecule has 0 radical (unpaired) electrons. The summed E-state index contributed by atoms with van der Waals surface area (Å²) in [4.78, 5) is 6.77. The lowest BCUT2D eigenvalue weighted by Gasteiger charge is -2.41. The largest absolute Gasteiger partial charge is 0.374 e. The van der Waals surface area contributed by atoms with Gasteiger partial charge in [0.15, 0.2) is 0 Å². The van der Waals surface area contributed by atoms with Crippen LogP contribution in [0, 0.1) is 13.8 Å². The summed E-state index contributed by atoms with van der Waals surface area (Å²) < 4.78 is 8.21. The first-order chi connectivity index (χ1) is 11.6. The standard InChI is InChI=1S/C17H28N6O/c1-5-23-6-7-24-16(17(23)15-9-19-11-22(15)4)10-18-8-14-12(2)20-21-13(14)3/h9,11,16-18H,5-8,10H2,1-4H3,(H,20,21)/t16-,17-/m0/s1. The van der Waals surface area contributed by atoms with Crippen LogP contribution in [0.15, 0.2) is 12.5 Å². The lowest BCUT2D eigenvalue weighted by atomic mass is 10.0. The van der Waals surface area contributed by atoms with Crippen LogP contribution >= 0.6 is 0 Å². The number of imidazole rings is 1. The molecule has 3 heterocycles. The molecular weight excluding hydrogens is 304 g/mol. The molecule has 0 saturated carbocycles. The number of H-pyrrole nitrogens is 1. The van der Waals surface area contributed by atoms with Crippen LogP contribution in [0.1, 0.15) is 35.6 Å². The van der Waals surface area contributed by atoms with Crippen LogP contribution in [-0.2, 0) is 18.3 Å². The van der Waals surface area contributed by atoms with Crippen LogP contribution < -0.4 is 5.32 Å². The summed E-state index contributed by atoms with van der Waals surface area (Å²) in [7, 11) is 2.05. The summed E-state index contributed by atoms with van der Waals surface area (Å²) in [5.41, 5.74) is 4.64. The zero-order valence-electron chi connectivity index (χ0n) is 15.0. The molecule has 0 amide bonds. The van der Waals surface area contributed by atoms with Gasteiger partial charge in [0.1, 0.15) is 0 Å². The number of nitrogens with zero attached hydrogens (tertiary/aromatic N) is 4. The molecule has 2 atom stereocenters. The minimum atomic E-state index is 0.113. The van der Waals surface area contributed by atoms with Crippen LogP contribution in [0.3, 0.4) is 0 Å². The van der Waals surface area contributed by atoms with E-state index in [1.54, 1.807) is 0 Å². The van der Waals surface area contributed by atoms with Crippen LogP contribution in [0.2, 0.25) is 0 Å². The number of hydrogen-bond donors (Lipinski definition) is 2. The number of nitrogens with one attached hydrogen (secondary N) is 2. The number of morpholine rings is 1. The molecule has 1 aliphatic rings. The van der Waals surface area contributed by atoms with Gasteiger partial charge in [0, 0.05) is 44.1 Å². The topological polar surface area (TPSA) is 71.0 Å². The summed E-state index contributed by atoms with van der Waals surface area (Å²) in [6, 6.07) is 0.232. The third-order valence-electron chi connectivity index (χ3n) is 4.95. The van der Waals surface area contributed by atoms with Crippen molar-refractivity contribution in [2.75, 3.05) is 26.2 Å². The number of hydrogen-bond acceptors (Lipinski definition) is 5. The molecule has 2 N–H and O–H groups in total. The van der Waals surface area contributed by atoms with Crippen LogP contribution in [0.25, 0.3) is 0 Å². The lowest BCUT2D eigenvalue weighted by Crippen LogP contribution is -2.49. The zero-order chi connectivity index (χ0) is 17.1. The smallest absolute Gasteiger partial charge is 0.0946 e. The molecule has 0 aliphatic carbocycles. The zero-order valence-corrected chi connectivity index (χ0v) is 15.0. The maximum atomic E-state index is 6.11. The fourth-order valence-corrected chi connectivity index (χ4v) is 3.52. The van der Waals surface area contributed by atoms with Gasteiger partial charge in [-0.2, -0.15) is 5.10 Å². The van der Waals surface area contributed by atoms with Gasteiger partial charge in [0.25, 0.3) is 0 Å². The van der Waals surface area contributed by atoms with Crippen molar-refractivity contribution in [3.8, 4) is 0 Å². The predicted octanol–water partition coefficient (Wildman–Crippen LogP) is 1.31. The Morgan fingerprint density at radius 3 is 2.88 bits per heavy atom. The van der Waals surface area contributed by atoms with Crippen molar-refractivity contribution in [1.82, 2.24) is 30.0 Å². The van der Waals surface area contributed by atoms with E-state index in [-0.39, 0.29) is 12.1 Å². The van der Waals surface area contributed by atoms with Crippen LogP contribution in [0.4, 0.5) is 0 Å². The molecule has 7 heteroatoms. The molecule has 0 unspecified atom stereocenters. The van der Waals surface area contributed by atoms with E-state index in [4.69, 9.17) is 4.74 Å². The van der Waals surface area contributed by atoms with Crippen molar-refractivity contribution in [3.05, 3.63) is 35.2 Å². The quantitative estimate of drug-likeness (QED) is 0.835. The van der Waals surface area contributed by atoms with E-state index in [0.717, 1.165) is 44.2 Å². The Bertz CT molecular complexity index is 644. The predicted molar refractivity (Wildman–Crippen MR) is 92.7 cm³/mol. The third-order valence-corrected chi connectivity index (χ3v) is 4.95. The molecule has 1 aliphatic heterocycles. The monoisotopic (exact) mass is 332 g/mol. The summed E-state index contributed by atoms with van der Waals surface area (Å²) >= 11 is 0. The van der Waals surface area contributed by atoms with Gasteiger partial charge in [0.2, 0.25) is 0 Å². The van der Waals surface area contributed by atoms with Crippen molar-refractivity contribution < 1.29 is 4.74 Å². The van der Waals surface area contributed by atoms with E-state index < -0.39 is 0 Å². The van der Waals surface area contributed by atoms with Crippen molar-refractivity contribution in [3.63, 3.8) is 0 Å². The highest BCUT2D eigenvalue weighted by Crippen LogP contribution is 2.28. The maximum absolute atomic E-state index is 6.11. The van der Waals surface area contributed by atoms with E-state index >= 15 is 0 Å². The normalized spacial score (nSPS) is 22.2. The molecule has 1 fully saturated rings. The minimum Gasteiger partial charge on any atom is -0.374 e. The fourth-order valence-electron chi connectivity index (χ4n) is 3.52. The summed E-state index contributed by atoms with van der Waals surface area (Å²) in [6.07, 6.45) is 3.93. The summed E-state index contributed by atoms with van der Waals surface area (Å²) in [5.74, 6) is 0. The highest BCUT2D eigenvalue weighted by atomic mass is 16.5. The number of likely N-dealkylation sites (N-methyl/N-ethyl adjacent to an activating group) is 1. The molecule has 132 valence electrons. The number of ether oxygens (including phenoxy) is 1. The molecule has 7 nitrogen and oxygen atoms in total. The van der Waals surface area contributed by atoms with Crippen LogP contribution in [-0.4, -0.2) is 57.0 Å². The summed E-state index contributed by atoms with van der Waals surface area (Å²) in [6.45, 7) is 10.7.